The third kappa shape index (κ3) is 4.39. The van der Waals surface area contributed by atoms with Crippen LogP contribution in [-0.2, 0) is 0 Å². The van der Waals surface area contributed by atoms with Gasteiger partial charge in [-0.25, -0.2) is 0 Å². The van der Waals surface area contributed by atoms with E-state index < -0.39 is 0 Å². The van der Waals surface area contributed by atoms with Crippen molar-refractivity contribution >= 4 is 5.84 Å². The summed E-state index contributed by atoms with van der Waals surface area (Å²) in [4.78, 5) is 2.58. The van der Waals surface area contributed by atoms with Crippen LogP contribution in [0.25, 0.3) is 0 Å². The molecular weight excluding hydrogens is 202 g/mol. The summed E-state index contributed by atoms with van der Waals surface area (Å²) in [6, 6.07) is 0.745. The van der Waals surface area contributed by atoms with Crippen molar-refractivity contribution < 1.29 is 5.21 Å². The van der Waals surface area contributed by atoms with Crippen molar-refractivity contribution in [3.8, 4) is 0 Å². The highest BCUT2D eigenvalue weighted by molar-refractivity contribution is 5.79. The molecule has 4 heteroatoms. The fourth-order valence-electron chi connectivity index (χ4n) is 2.51. The van der Waals surface area contributed by atoms with Gasteiger partial charge in [0.1, 0.15) is 5.84 Å². The summed E-state index contributed by atoms with van der Waals surface area (Å²) in [7, 11) is 0. The summed E-state index contributed by atoms with van der Waals surface area (Å²) in [5.41, 5.74) is 5.47. The molecule has 0 spiro atoms. The van der Waals surface area contributed by atoms with E-state index in [0.29, 0.717) is 12.3 Å². The van der Waals surface area contributed by atoms with E-state index in [-0.39, 0.29) is 0 Å². The lowest BCUT2D eigenvalue weighted by atomic mass is 10.1. The van der Waals surface area contributed by atoms with Crippen molar-refractivity contribution in [1.82, 2.24) is 4.90 Å². The smallest absolute Gasteiger partial charge is 0.139 e. The lowest BCUT2D eigenvalue weighted by Crippen LogP contribution is -2.35. The van der Waals surface area contributed by atoms with Crippen LogP contribution in [0.4, 0.5) is 0 Å². The van der Waals surface area contributed by atoms with Crippen LogP contribution in [0.5, 0.6) is 0 Å². The minimum Gasteiger partial charge on any atom is -0.409 e. The second-order valence-electron chi connectivity index (χ2n) is 4.64. The molecule has 0 aromatic carbocycles. The van der Waals surface area contributed by atoms with Gasteiger partial charge in [0, 0.05) is 12.5 Å². The molecule has 0 radical (unpaired) electrons. The second kappa shape index (κ2) is 7.49. The molecule has 1 rings (SSSR count). The maximum absolute atomic E-state index is 8.46. The average molecular weight is 227 g/mol. The first-order valence-electron chi connectivity index (χ1n) is 6.48. The number of amidine groups is 1. The topological polar surface area (TPSA) is 61.8 Å². The Morgan fingerprint density at radius 1 is 1.44 bits per heavy atom. The maximum atomic E-state index is 8.46. The van der Waals surface area contributed by atoms with Gasteiger partial charge in [0.2, 0.25) is 0 Å². The second-order valence-corrected chi connectivity index (χ2v) is 4.64. The first-order chi connectivity index (χ1) is 7.77. The van der Waals surface area contributed by atoms with Gasteiger partial charge in [-0.2, -0.15) is 0 Å². The Balaban J connectivity index is 2.31. The summed E-state index contributed by atoms with van der Waals surface area (Å²) in [6.45, 7) is 4.57. The van der Waals surface area contributed by atoms with Crippen molar-refractivity contribution in [2.24, 2.45) is 10.9 Å². The Bertz CT molecular complexity index is 218. The van der Waals surface area contributed by atoms with Crippen molar-refractivity contribution in [1.29, 1.82) is 0 Å². The standard InChI is InChI=1S/C12H25N3O/c1-2-11-7-4-3-5-9-15(11)10-6-8-12(13)14-16/h11,16H,2-10H2,1H3,(H2,13,14). The van der Waals surface area contributed by atoms with E-state index in [1.165, 1.54) is 38.6 Å². The van der Waals surface area contributed by atoms with E-state index in [4.69, 9.17) is 10.9 Å². The van der Waals surface area contributed by atoms with Gasteiger partial charge in [-0.3, -0.25) is 0 Å². The number of likely N-dealkylation sites (tertiary alicyclic amines) is 1. The third-order valence-corrected chi connectivity index (χ3v) is 3.48. The first-order valence-corrected chi connectivity index (χ1v) is 6.48. The Labute approximate surface area is 98.5 Å². The molecule has 1 unspecified atom stereocenters. The molecule has 1 atom stereocenters. The van der Waals surface area contributed by atoms with Gasteiger partial charge in [-0.1, -0.05) is 24.9 Å². The minimum atomic E-state index is 0.350. The quantitative estimate of drug-likeness (QED) is 0.327. The Morgan fingerprint density at radius 2 is 2.25 bits per heavy atom. The summed E-state index contributed by atoms with van der Waals surface area (Å²) in [5, 5.41) is 11.5. The predicted octanol–water partition coefficient (Wildman–Crippen LogP) is 2.17. The average Bonchev–Trinajstić information content (AvgIpc) is 2.53. The van der Waals surface area contributed by atoms with E-state index in [9.17, 15) is 0 Å². The van der Waals surface area contributed by atoms with Crippen LogP contribution in [0.3, 0.4) is 0 Å². The Hall–Kier alpha value is -0.770. The van der Waals surface area contributed by atoms with Crippen LogP contribution in [0.1, 0.15) is 51.9 Å². The van der Waals surface area contributed by atoms with Crippen LogP contribution in [0, 0.1) is 0 Å². The molecule has 1 aliphatic rings. The summed E-state index contributed by atoms with van der Waals surface area (Å²) >= 11 is 0. The zero-order valence-corrected chi connectivity index (χ0v) is 10.4. The van der Waals surface area contributed by atoms with Gasteiger partial charge in [0.25, 0.3) is 0 Å². The molecule has 16 heavy (non-hydrogen) atoms. The number of hydrogen-bond donors (Lipinski definition) is 2. The number of oxime groups is 1. The van der Waals surface area contributed by atoms with Crippen molar-refractivity contribution in [2.75, 3.05) is 13.1 Å². The van der Waals surface area contributed by atoms with Crippen molar-refractivity contribution in [2.45, 2.75) is 57.9 Å². The van der Waals surface area contributed by atoms with Crippen LogP contribution in [0.2, 0.25) is 0 Å². The molecule has 0 amide bonds. The number of nitrogens with two attached hydrogens (primary N) is 1. The highest BCUT2D eigenvalue weighted by Crippen LogP contribution is 2.19. The summed E-state index contributed by atoms with van der Waals surface area (Å²) < 4.78 is 0. The molecule has 0 aromatic rings. The highest BCUT2D eigenvalue weighted by Gasteiger charge is 2.18. The molecule has 0 aromatic heterocycles. The SMILES string of the molecule is CCC1CCCCCN1CCCC(N)=NO. The molecular formula is C12H25N3O. The maximum Gasteiger partial charge on any atom is 0.139 e. The molecule has 3 N–H and O–H groups in total. The van der Waals surface area contributed by atoms with E-state index >= 15 is 0 Å². The molecule has 1 heterocycles. The fraction of sp³-hybridized carbons (Fsp3) is 0.917. The summed E-state index contributed by atoms with van der Waals surface area (Å²) in [5.74, 6) is 0.350. The third-order valence-electron chi connectivity index (χ3n) is 3.48. The van der Waals surface area contributed by atoms with Gasteiger partial charge in [-0.15, -0.1) is 0 Å². The predicted molar refractivity (Wildman–Crippen MR) is 66.8 cm³/mol. The molecule has 4 nitrogen and oxygen atoms in total. The number of nitrogens with zero attached hydrogens (tertiary/aromatic N) is 2. The van der Waals surface area contributed by atoms with E-state index in [2.05, 4.69) is 17.0 Å². The van der Waals surface area contributed by atoms with Crippen molar-refractivity contribution in [3.63, 3.8) is 0 Å². The van der Waals surface area contributed by atoms with Gasteiger partial charge < -0.3 is 15.8 Å². The van der Waals surface area contributed by atoms with E-state index in [1.54, 1.807) is 0 Å². The normalized spacial score (nSPS) is 24.3. The summed E-state index contributed by atoms with van der Waals surface area (Å²) in [6.07, 6.45) is 8.32. The monoisotopic (exact) mass is 227 g/mol. The molecule has 94 valence electrons. The minimum absolute atomic E-state index is 0.350. The highest BCUT2D eigenvalue weighted by atomic mass is 16.4. The fourth-order valence-corrected chi connectivity index (χ4v) is 2.51. The van der Waals surface area contributed by atoms with Crippen LogP contribution >= 0.6 is 0 Å². The van der Waals surface area contributed by atoms with Crippen LogP contribution in [0.15, 0.2) is 5.16 Å². The van der Waals surface area contributed by atoms with Gasteiger partial charge in [0.05, 0.1) is 0 Å². The lowest BCUT2D eigenvalue weighted by Gasteiger charge is -2.28. The number of rotatable bonds is 5. The molecule has 1 saturated heterocycles. The molecule has 0 saturated carbocycles. The molecule has 1 fully saturated rings. The largest absolute Gasteiger partial charge is 0.409 e. The van der Waals surface area contributed by atoms with E-state index in [0.717, 1.165) is 19.0 Å². The van der Waals surface area contributed by atoms with Crippen LogP contribution in [-0.4, -0.2) is 35.1 Å². The molecule has 1 aliphatic heterocycles. The Morgan fingerprint density at radius 3 is 2.94 bits per heavy atom. The van der Waals surface area contributed by atoms with Gasteiger partial charge >= 0.3 is 0 Å². The van der Waals surface area contributed by atoms with Gasteiger partial charge in [0.15, 0.2) is 0 Å². The van der Waals surface area contributed by atoms with Gasteiger partial charge in [-0.05, 0) is 38.8 Å². The first kappa shape index (κ1) is 13.3. The number of hydrogen-bond acceptors (Lipinski definition) is 3. The van der Waals surface area contributed by atoms with Crippen molar-refractivity contribution in [3.05, 3.63) is 0 Å². The zero-order valence-electron chi connectivity index (χ0n) is 10.4. The molecule has 0 bridgehead atoms. The van der Waals surface area contributed by atoms with Crippen LogP contribution < -0.4 is 5.73 Å². The lowest BCUT2D eigenvalue weighted by molar-refractivity contribution is 0.193. The Kier molecular flexibility index (Phi) is 6.23. The zero-order chi connectivity index (χ0) is 11.8. The molecule has 0 aliphatic carbocycles. The van der Waals surface area contributed by atoms with E-state index in [1.807, 2.05) is 0 Å².